The second-order valence-corrected chi connectivity index (χ2v) is 7.28. The quantitative estimate of drug-likeness (QED) is 0.685. The summed E-state index contributed by atoms with van der Waals surface area (Å²) in [5, 5.41) is 0.453. The third-order valence-corrected chi connectivity index (χ3v) is 5.52. The smallest absolute Gasteiger partial charge is 0.224 e. The fourth-order valence-electron chi connectivity index (χ4n) is 2.46. The van der Waals surface area contributed by atoms with Gasteiger partial charge in [0.15, 0.2) is 5.82 Å². The normalized spacial score (nSPS) is 13.9. The monoisotopic (exact) mass is 401 g/mol. The van der Waals surface area contributed by atoms with E-state index in [-0.39, 0.29) is 21.3 Å². The number of benzene rings is 1. The van der Waals surface area contributed by atoms with Gasteiger partial charge in [-0.15, -0.1) is 0 Å². The van der Waals surface area contributed by atoms with Crippen molar-refractivity contribution in [1.82, 2.24) is 15.0 Å². The molecule has 1 aliphatic rings. The van der Waals surface area contributed by atoms with Gasteiger partial charge in [0.2, 0.25) is 11.6 Å². The van der Waals surface area contributed by atoms with Crippen LogP contribution in [-0.2, 0) is 0 Å². The molecule has 3 aromatic rings. The fourth-order valence-corrected chi connectivity index (χ4v) is 3.76. The zero-order valence-corrected chi connectivity index (χ0v) is 15.3. The molecule has 2 heterocycles. The Bertz CT molecular complexity index is 1060. The molecule has 0 aliphatic heterocycles. The SMILES string of the molecule is O=C1C(Sc2ccc(Cl)cc2)=C(Cl)C(=O)c2[nH]c(-c3ccccn3)nc21. The highest BCUT2D eigenvalue weighted by molar-refractivity contribution is 8.04. The highest BCUT2D eigenvalue weighted by atomic mass is 35.5. The second kappa shape index (κ2) is 6.72. The number of nitrogens with one attached hydrogen (secondary N) is 1. The van der Waals surface area contributed by atoms with Gasteiger partial charge in [-0.05, 0) is 36.4 Å². The van der Waals surface area contributed by atoms with E-state index < -0.39 is 11.6 Å². The van der Waals surface area contributed by atoms with Crippen molar-refractivity contribution in [3.63, 3.8) is 0 Å². The Hall–Kier alpha value is -2.41. The van der Waals surface area contributed by atoms with Gasteiger partial charge in [-0.1, -0.05) is 41.0 Å². The molecule has 0 fully saturated rings. The largest absolute Gasteiger partial charge is 0.333 e. The number of aromatic nitrogens is 3. The predicted octanol–water partition coefficient (Wildman–Crippen LogP) is 4.75. The molecule has 0 radical (unpaired) electrons. The lowest BCUT2D eigenvalue weighted by atomic mass is 10.1. The van der Waals surface area contributed by atoms with Crippen LogP contribution < -0.4 is 0 Å². The number of H-pyrrole nitrogens is 1. The highest BCUT2D eigenvalue weighted by Crippen LogP contribution is 2.38. The molecule has 0 unspecified atom stereocenters. The first-order chi connectivity index (χ1) is 12.5. The summed E-state index contributed by atoms with van der Waals surface area (Å²) in [6.07, 6.45) is 1.60. The molecular weight excluding hydrogens is 393 g/mol. The van der Waals surface area contributed by atoms with Crippen molar-refractivity contribution in [2.75, 3.05) is 0 Å². The average Bonchev–Trinajstić information content (AvgIpc) is 3.11. The van der Waals surface area contributed by atoms with Gasteiger partial charge in [-0.25, -0.2) is 4.98 Å². The number of imidazole rings is 1. The molecule has 4 rings (SSSR count). The molecule has 2 aromatic heterocycles. The van der Waals surface area contributed by atoms with E-state index >= 15 is 0 Å². The second-order valence-electron chi connectivity index (χ2n) is 5.38. The van der Waals surface area contributed by atoms with Crippen LogP contribution in [0.1, 0.15) is 21.0 Å². The first kappa shape index (κ1) is 17.0. The average molecular weight is 402 g/mol. The summed E-state index contributed by atoms with van der Waals surface area (Å²) < 4.78 is 0. The summed E-state index contributed by atoms with van der Waals surface area (Å²) in [7, 11) is 0. The van der Waals surface area contributed by atoms with Crippen LogP contribution in [0.3, 0.4) is 0 Å². The topological polar surface area (TPSA) is 75.7 Å². The van der Waals surface area contributed by atoms with Crippen LogP contribution in [0.15, 0.2) is 63.5 Å². The molecular formula is C18H9Cl2N3O2S. The molecule has 1 N–H and O–H groups in total. The third-order valence-electron chi connectivity index (χ3n) is 3.69. The number of fused-ring (bicyclic) bond motifs is 1. The van der Waals surface area contributed by atoms with Crippen LogP contribution in [0.25, 0.3) is 11.5 Å². The van der Waals surface area contributed by atoms with Gasteiger partial charge < -0.3 is 4.98 Å². The van der Waals surface area contributed by atoms with Crippen LogP contribution in [0.5, 0.6) is 0 Å². The summed E-state index contributed by atoms with van der Waals surface area (Å²) in [4.78, 5) is 37.6. The maximum absolute atomic E-state index is 12.8. The van der Waals surface area contributed by atoms with Crippen molar-refractivity contribution in [3.05, 3.63) is 75.0 Å². The molecule has 0 bridgehead atoms. The Morgan fingerprint density at radius 3 is 2.42 bits per heavy atom. The Kier molecular flexibility index (Phi) is 4.40. The van der Waals surface area contributed by atoms with Crippen LogP contribution >= 0.6 is 35.0 Å². The van der Waals surface area contributed by atoms with Crippen molar-refractivity contribution < 1.29 is 9.59 Å². The molecule has 0 saturated carbocycles. The number of rotatable bonds is 3. The number of carbonyl (C=O) groups excluding carboxylic acids is 2. The number of ketones is 2. The summed E-state index contributed by atoms with van der Waals surface area (Å²) in [6.45, 7) is 0. The minimum absolute atomic E-state index is 0.0523. The van der Waals surface area contributed by atoms with Gasteiger partial charge in [0.05, 0.1) is 4.91 Å². The number of hydrogen-bond acceptors (Lipinski definition) is 5. The summed E-state index contributed by atoms with van der Waals surface area (Å²) in [5.41, 5.74) is 0.670. The molecule has 1 aliphatic carbocycles. The molecule has 5 nitrogen and oxygen atoms in total. The van der Waals surface area contributed by atoms with Crippen LogP contribution in [0.2, 0.25) is 5.02 Å². The first-order valence-corrected chi connectivity index (χ1v) is 9.06. The minimum Gasteiger partial charge on any atom is -0.333 e. The van der Waals surface area contributed by atoms with Gasteiger partial charge in [0, 0.05) is 16.1 Å². The van der Waals surface area contributed by atoms with Gasteiger partial charge in [-0.2, -0.15) is 0 Å². The first-order valence-electron chi connectivity index (χ1n) is 7.48. The Balaban J connectivity index is 1.73. The zero-order valence-electron chi connectivity index (χ0n) is 13.0. The minimum atomic E-state index is -0.465. The lowest BCUT2D eigenvalue weighted by Crippen LogP contribution is -2.18. The van der Waals surface area contributed by atoms with Gasteiger partial charge >= 0.3 is 0 Å². The summed E-state index contributed by atoms with van der Waals surface area (Å²) in [5.74, 6) is -0.519. The number of hydrogen-bond donors (Lipinski definition) is 1. The lowest BCUT2D eigenvalue weighted by Gasteiger charge is -2.13. The van der Waals surface area contributed by atoms with Gasteiger partial charge in [0.25, 0.3) is 0 Å². The molecule has 0 amide bonds. The highest BCUT2D eigenvalue weighted by Gasteiger charge is 2.35. The number of halogens is 2. The van der Waals surface area contributed by atoms with E-state index in [1.165, 1.54) is 0 Å². The van der Waals surface area contributed by atoms with E-state index in [9.17, 15) is 9.59 Å². The number of aromatic amines is 1. The molecule has 8 heteroatoms. The van der Waals surface area contributed by atoms with Crippen molar-refractivity contribution in [2.45, 2.75) is 4.90 Å². The summed E-state index contributed by atoms with van der Waals surface area (Å²) in [6, 6.07) is 12.2. The van der Waals surface area contributed by atoms with Crippen LogP contribution in [-0.4, -0.2) is 26.5 Å². The molecule has 0 saturated heterocycles. The molecule has 0 atom stereocenters. The number of pyridine rings is 1. The Morgan fingerprint density at radius 2 is 1.73 bits per heavy atom. The fraction of sp³-hybridized carbons (Fsp3) is 0. The van der Waals surface area contributed by atoms with Crippen LogP contribution in [0, 0.1) is 0 Å². The predicted molar refractivity (Wildman–Crippen MR) is 101 cm³/mol. The Morgan fingerprint density at radius 1 is 0.962 bits per heavy atom. The number of carbonyl (C=O) groups is 2. The number of nitrogens with zero attached hydrogens (tertiary/aromatic N) is 2. The van der Waals surface area contributed by atoms with Crippen molar-refractivity contribution in [2.24, 2.45) is 0 Å². The maximum atomic E-state index is 12.8. The van der Waals surface area contributed by atoms with E-state index in [0.29, 0.717) is 16.5 Å². The molecule has 128 valence electrons. The van der Waals surface area contributed by atoms with Crippen molar-refractivity contribution >= 4 is 46.5 Å². The van der Waals surface area contributed by atoms with E-state index in [4.69, 9.17) is 23.2 Å². The maximum Gasteiger partial charge on any atom is 0.224 e. The zero-order chi connectivity index (χ0) is 18.3. The lowest BCUT2D eigenvalue weighted by molar-refractivity contribution is 0.0982. The van der Waals surface area contributed by atoms with E-state index in [0.717, 1.165) is 16.7 Å². The standard InChI is InChI=1S/C18H9Cl2N3O2S/c19-9-4-6-10(7-5-9)26-17-12(20)15(24)13-14(16(17)25)23-18(22-13)11-3-1-2-8-21-11/h1-8H,(H,22,23). The summed E-state index contributed by atoms with van der Waals surface area (Å²) >= 11 is 13.2. The molecule has 26 heavy (non-hydrogen) atoms. The molecule has 0 spiro atoms. The number of thioether (sulfide) groups is 1. The van der Waals surface area contributed by atoms with Crippen molar-refractivity contribution in [3.8, 4) is 11.5 Å². The van der Waals surface area contributed by atoms with Gasteiger partial charge in [-0.3, -0.25) is 14.6 Å². The van der Waals surface area contributed by atoms with E-state index in [2.05, 4.69) is 15.0 Å². The van der Waals surface area contributed by atoms with Crippen LogP contribution in [0.4, 0.5) is 0 Å². The van der Waals surface area contributed by atoms with Gasteiger partial charge in [0.1, 0.15) is 22.1 Å². The van der Waals surface area contributed by atoms with E-state index in [1.54, 1.807) is 48.7 Å². The molecule has 1 aromatic carbocycles. The van der Waals surface area contributed by atoms with Crippen molar-refractivity contribution in [1.29, 1.82) is 0 Å². The third kappa shape index (κ3) is 2.96. The number of allylic oxidation sites excluding steroid dienone is 2. The Labute approximate surface area is 162 Å². The number of Topliss-reactive ketones (excluding diaryl/α,β-unsaturated/α-hetero) is 2. The van der Waals surface area contributed by atoms with E-state index in [1.807, 2.05) is 0 Å².